The molecule has 0 N–H and O–H groups in total. The van der Waals surface area contributed by atoms with E-state index < -0.39 is 10.0 Å². The molecular formula is C10H18ClN3O2S. The van der Waals surface area contributed by atoms with E-state index in [1.807, 2.05) is 13.8 Å². The Balaban J connectivity index is 3.04. The van der Waals surface area contributed by atoms with Crippen molar-refractivity contribution in [2.75, 3.05) is 13.1 Å². The fourth-order valence-corrected chi connectivity index (χ4v) is 3.35. The average molecular weight is 280 g/mol. The van der Waals surface area contributed by atoms with E-state index in [1.54, 1.807) is 7.05 Å². The van der Waals surface area contributed by atoms with E-state index in [9.17, 15) is 8.42 Å². The Hall–Kier alpha value is -0.590. The van der Waals surface area contributed by atoms with Gasteiger partial charge >= 0.3 is 0 Å². The van der Waals surface area contributed by atoms with Crippen LogP contribution >= 0.6 is 11.6 Å². The van der Waals surface area contributed by atoms with Crippen molar-refractivity contribution in [3.63, 3.8) is 0 Å². The van der Waals surface area contributed by atoms with Gasteiger partial charge in [-0.2, -0.15) is 4.31 Å². The lowest BCUT2D eigenvalue weighted by Gasteiger charge is -2.18. The minimum atomic E-state index is -3.56. The Morgan fingerprint density at radius 3 is 2.53 bits per heavy atom. The van der Waals surface area contributed by atoms with Gasteiger partial charge in [-0.05, 0) is 6.42 Å². The second kappa shape index (κ2) is 5.84. The Labute approximate surface area is 107 Å². The fraction of sp³-hybridized carbons (Fsp3) is 0.700. The van der Waals surface area contributed by atoms with Crippen LogP contribution in [-0.4, -0.2) is 35.4 Å². The number of unbranched alkanes of at least 4 members (excludes halogenated alkanes) is 1. The van der Waals surface area contributed by atoms with Gasteiger partial charge in [-0.1, -0.05) is 31.9 Å². The summed E-state index contributed by atoms with van der Waals surface area (Å²) >= 11 is 5.92. The summed E-state index contributed by atoms with van der Waals surface area (Å²) in [4.78, 5) is 3.87. The average Bonchev–Trinajstić information content (AvgIpc) is 2.61. The first kappa shape index (κ1) is 14.5. The quantitative estimate of drug-likeness (QED) is 0.799. The first-order chi connectivity index (χ1) is 7.95. The number of aromatic nitrogens is 2. The zero-order valence-electron chi connectivity index (χ0n) is 10.4. The molecule has 0 spiro atoms. The molecule has 1 aromatic heterocycles. The van der Waals surface area contributed by atoms with Crippen LogP contribution in [0.15, 0.2) is 11.4 Å². The molecule has 1 heterocycles. The molecule has 0 aliphatic carbocycles. The van der Waals surface area contributed by atoms with Crippen molar-refractivity contribution in [2.24, 2.45) is 7.05 Å². The van der Waals surface area contributed by atoms with E-state index in [0.717, 1.165) is 12.8 Å². The number of hydrogen-bond donors (Lipinski definition) is 0. The fourth-order valence-electron chi connectivity index (χ4n) is 1.47. The highest BCUT2D eigenvalue weighted by Crippen LogP contribution is 2.22. The predicted octanol–water partition coefficient (Wildman–Crippen LogP) is 1.88. The van der Waals surface area contributed by atoms with Crippen molar-refractivity contribution in [3.05, 3.63) is 11.5 Å². The van der Waals surface area contributed by atoms with E-state index in [0.29, 0.717) is 13.1 Å². The third-order valence-corrected chi connectivity index (χ3v) is 5.00. The van der Waals surface area contributed by atoms with E-state index in [-0.39, 0.29) is 10.2 Å². The van der Waals surface area contributed by atoms with Crippen LogP contribution in [-0.2, 0) is 17.1 Å². The Bertz CT molecular complexity index is 470. The molecule has 0 saturated carbocycles. The highest BCUT2D eigenvalue weighted by atomic mass is 35.5. The summed E-state index contributed by atoms with van der Waals surface area (Å²) in [5, 5.41) is 0.0968. The van der Waals surface area contributed by atoms with Crippen molar-refractivity contribution in [2.45, 2.75) is 31.7 Å². The highest BCUT2D eigenvalue weighted by molar-refractivity contribution is 7.89. The third kappa shape index (κ3) is 3.00. The molecule has 0 bridgehead atoms. The molecule has 0 atom stereocenters. The Morgan fingerprint density at radius 2 is 2.12 bits per heavy atom. The molecule has 0 unspecified atom stereocenters. The van der Waals surface area contributed by atoms with Crippen LogP contribution in [0.4, 0.5) is 0 Å². The predicted molar refractivity (Wildman–Crippen MR) is 67.6 cm³/mol. The van der Waals surface area contributed by atoms with Crippen LogP contribution in [0.5, 0.6) is 0 Å². The second-order valence-corrected chi connectivity index (χ2v) is 6.01. The first-order valence-corrected chi connectivity index (χ1v) is 7.43. The standard InChI is InChI=1S/C10H18ClN3O2S/c1-4-6-7-14(5-2)17(15,16)10-9(11)13(3)8-12-10/h8H,4-7H2,1-3H3. The van der Waals surface area contributed by atoms with Crippen LogP contribution < -0.4 is 0 Å². The lowest BCUT2D eigenvalue weighted by Crippen LogP contribution is -2.32. The highest BCUT2D eigenvalue weighted by Gasteiger charge is 2.28. The SMILES string of the molecule is CCCCN(CC)S(=O)(=O)c1ncn(C)c1Cl. The van der Waals surface area contributed by atoms with Gasteiger partial charge in [0.15, 0.2) is 0 Å². The number of aryl methyl sites for hydroxylation is 1. The van der Waals surface area contributed by atoms with Gasteiger partial charge in [-0.25, -0.2) is 13.4 Å². The molecule has 5 nitrogen and oxygen atoms in total. The van der Waals surface area contributed by atoms with Crippen molar-refractivity contribution in [3.8, 4) is 0 Å². The van der Waals surface area contributed by atoms with Gasteiger partial charge in [0.2, 0.25) is 5.03 Å². The molecule has 7 heteroatoms. The van der Waals surface area contributed by atoms with Gasteiger partial charge in [0.25, 0.3) is 10.0 Å². The van der Waals surface area contributed by atoms with E-state index >= 15 is 0 Å². The summed E-state index contributed by atoms with van der Waals surface area (Å²) in [5.41, 5.74) is 0. The Kier molecular flexibility index (Phi) is 4.97. The molecule has 0 saturated heterocycles. The minimum Gasteiger partial charge on any atom is -0.324 e. The number of halogens is 1. The van der Waals surface area contributed by atoms with Crippen LogP contribution in [0.25, 0.3) is 0 Å². The monoisotopic (exact) mass is 279 g/mol. The van der Waals surface area contributed by atoms with Crippen LogP contribution in [0.1, 0.15) is 26.7 Å². The van der Waals surface area contributed by atoms with Gasteiger partial charge < -0.3 is 4.57 Å². The maximum atomic E-state index is 12.3. The normalized spacial score (nSPS) is 12.3. The zero-order valence-corrected chi connectivity index (χ0v) is 11.9. The number of sulfonamides is 1. The zero-order chi connectivity index (χ0) is 13.1. The maximum absolute atomic E-state index is 12.3. The van der Waals surface area contributed by atoms with E-state index in [4.69, 9.17) is 11.6 Å². The second-order valence-electron chi connectivity index (χ2n) is 3.80. The van der Waals surface area contributed by atoms with Crippen LogP contribution in [0, 0.1) is 0 Å². The van der Waals surface area contributed by atoms with Gasteiger partial charge in [-0.15, -0.1) is 0 Å². The topological polar surface area (TPSA) is 55.2 Å². The largest absolute Gasteiger partial charge is 0.324 e. The van der Waals surface area contributed by atoms with E-state index in [1.165, 1.54) is 15.2 Å². The van der Waals surface area contributed by atoms with Crippen molar-refractivity contribution in [1.29, 1.82) is 0 Å². The molecule has 98 valence electrons. The summed E-state index contributed by atoms with van der Waals surface area (Å²) in [6.07, 6.45) is 3.18. The number of rotatable bonds is 6. The molecule has 17 heavy (non-hydrogen) atoms. The van der Waals surface area contributed by atoms with Crippen molar-refractivity contribution >= 4 is 21.6 Å². The van der Waals surface area contributed by atoms with Gasteiger partial charge in [0.1, 0.15) is 5.15 Å². The van der Waals surface area contributed by atoms with Gasteiger partial charge in [0, 0.05) is 20.1 Å². The van der Waals surface area contributed by atoms with Gasteiger partial charge in [0.05, 0.1) is 6.33 Å². The van der Waals surface area contributed by atoms with E-state index in [2.05, 4.69) is 4.98 Å². The minimum absolute atomic E-state index is 0.0559. The molecule has 0 aromatic carbocycles. The number of imidazole rings is 1. The summed E-state index contributed by atoms with van der Waals surface area (Å²) in [6.45, 7) is 4.76. The molecule has 0 aliphatic rings. The molecule has 0 fully saturated rings. The van der Waals surface area contributed by atoms with Crippen LogP contribution in [0.3, 0.4) is 0 Å². The third-order valence-electron chi connectivity index (χ3n) is 2.53. The lowest BCUT2D eigenvalue weighted by molar-refractivity contribution is 0.417. The van der Waals surface area contributed by atoms with Gasteiger partial charge in [-0.3, -0.25) is 0 Å². The molecular weight excluding hydrogens is 262 g/mol. The maximum Gasteiger partial charge on any atom is 0.263 e. The summed E-state index contributed by atoms with van der Waals surface area (Å²) in [5.74, 6) is 0. The molecule has 0 radical (unpaired) electrons. The smallest absolute Gasteiger partial charge is 0.263 e. The first-order valence-electron chi connectivity index (χ1n) is 5.62. The molecule has 1 rings (SSSR count). The summed E-state index contributed by atoms with van der Waals surface area (Å²) in [6, 6.07) is 0. The molecule has 0 aliphatic heterocycles. The lowest BCUT2D eigenvalue weighted by atomic mass is 10.3. The number of hydrogen-bond acceptors (Lipinski definition) is 3. The van der Waals surface area contributed by atoms with Crippen molar-refractivity contribution < 1.29 is 8.42 Å². The van der Waals surface area contributed by atoms with Crippen molar-refractivity contribution in [1.82, 2.24) is 13.9 Å². The molecule has 1 aromatic rings. The summed E-state index contributed by atoms with van der Waals surface area (Å²) in [7, 11) is -1.90. The van der Waals surface area contributed by atoms with Crippen LogP contribution in [0.2, 0.25) is 5.15 Å². The number of nitrogens with zero attached hydrogens (tertiary/aromatic N) is 3. The molecule has 0 amide bonds. The Morgan fingerprint density at radius 1 is 1.47 bits per heavy atom. The summed E-state index contributed by atoms with van der Waals surface area (Å²) < 4.78 is 27.4.